The first-order valence-corrected chi connectivity index (χ1v) is 7.03. The molecule has 24 heavy (non-hydrogen) atoms. The number of ether oxygens (including phenoxy) is 1. The number of non-ortho nitro benzene ring substituents is 1. The third kappa shape index (κ3) is 3.36. The number of hydrogen-bond acceptors (Lipinski definition) is 7. The summed E-state index contributed by atoms with van der Waals surface area (Å²) in [4.78, 5) is 10.4. The first-order chi connectivity index (χ1) is 11.6. The number of benzene rings is 2. The van der Waals surface area contributed by atoms with Gasteiger partial charge >= 0.3 is 0 Å². The van der Waals surface area contributed by atoms with Crippen molar-refractivity contribution < 1.29 is 14.8 Å². The van der Waals surface area contributed by atoms with Crippen molar-refractivity contribution in [2.45, 2.75) is 6.10 Å². The Bertz CT molecular complexity index is 823. The van der Waals surface area contributed by atoms with Gasteiger partial charge in [0.25, 0.3) is 5.69 Å². The summed E-state index contributed by atoms with van der Waals surface area (Å²) in [5.74, 6) is 0.322. The van der Waals surface area contributed by atoms with E-state index in [9.17, 15) is 15.2 Å². The molecular formula is C15H13N5O4. The normalized spacial score (nSPS) is 11.9. The Morgan fingerprint density at radius 1 is 1.25 bits per heavy atom. The lowest BCUT2D eigenvalue weighted by molar-refractivity contribution is -0.384. The number of aliphatic hydroxyl groups is 1. The van der Waals surface area contributed by atoms with Crippen molar-refractivity contribution in [3.8, 4) is 11.4 Å². The highest BCUT2D eigenvalue weighted by Gasteiger charge is 2.16. The van der Waals surface area contributed by atoms with Crippen LogP contribution in [-0.2, 0) is 0 Å². The highest BCUT2D eigenvalue weighted by Crippen LogP contribution is 2.28. The molecule has 1 aromatic heterocycles. The highest BCUT2D eigenvalue weighted by molar-refractivity contribution is 5.53. The lowest BCUT2D eigenvalue weighted by atomic mass is 10.1. The lowest BCUT2D eigenvalue weighted by Gasteiger charge is -2.14. The van der Waals surface area contributed by atoms with Crippen molar-refractivity contribution in [3.63, 3.8) is 0 Å². The molecule has 0 aliphatic rings. The first kappa shape index (κ1) is 15.6. The van der Waals surface area contributed by atoms with Crippen LogP contribution in [0.5, 0.6) is 5.75 Å². The van der Waals surface area contributed by atoms with E-state index < -0.39 is 11.0 Å². The molecule has 1 heterocycles. The summed E-state index contributed by atoms with van der Waals surface area (Å²) in [7, 11) is 0. The zero-order chi connectivity index (χ0) is 16.9. The van der Waals surface area contributed by atoms with E-state index in [4.69, 9.17) is 4.74 Å². The van der Waals surface area contributed by atoms with E-state index in [-0.39, 0.29) is 12.3 Å². The van der Waals surface area contributed by atoms with Gasteiger partial charge in [-0.3, -0.25) is 10.1 Å². The minimum atomic E-state index is -0.830. The van der Waals surface area contributed by atoms with Gasteiger partial charge in [0.1, 0.15) is 30.5 Å². The molecule has 0 unspecified atom stereocenters. The minimum Gasteiger partial charge on any atom is -0.488 e. The molecule has 0 aliphatic heterocycles. The molecule has 3 rings (SSSR count). The maximum absolute atomic E-state index is 10.9. The first-order valence-electron chi connectivity index (χ1n) is 7.03. The molecule has 2 aromatic carbocycles. The summed E-state index contributed by atoms with van der Waals surface area (Å²) in [5, 5.41) is 31.9. The summed E-state index contributed by atoms with van der Waals surface area (Å²) in [6.07, 6.45) is 0.475. The van der Waals surface area contributed by atoms with Gasteiger partial charge in [0, 0.05) is 12.1 Å². The average molecular weight is 327 g/mol. The monoisotopic (exact) mass is 327 g/mol. The van der Waals surface area contributed by atoms with Crippen LogP contribution in [0.15, 0.2) is 54.9 Å². The van der Waals surface area contributed by atoms with Crippen LogP contribution in [0.4, 0.5) is 5.69 Å². The van der Waals surface area contributed by atoms with Gasteiger partial charge in [0.2, 0.25) is 0 Å². The van der Waals surface area contributed by atoms with Crippen molar-refractivity contribution in [1.82, 2.24) is 20.2 Å². The summed E-state index contributed by atoms with van der Waals surface area (Å²) in [6, 6.07) is 13.1. The standard InChI is InChI=1S/C15H13N5O4/c21-14(11-4-2-1-3-5-11)9-24-15-7-6-12(20(22)23)8-13(15)19-10-16-17-18-19/h1-8,10,14,21H,9H2/t14-/m1/s1. The molecular weight excluding hydrogens is 314 g/mol. The van der Waals surface area contributed by atoms with Crippen LogP contribution in [0.2, 0.25) is 0 Å². The third-order valence-corrected chi connectivity index (χ3v) is 3.33. The van der Waals surface area contributed by atoms with E-state index in [1.54, 1.807) is 12.1 Å². The van der Waals surface area contributed by atoms with E-state index in [1.807, 2.05) is 18.2 Å². The molecule has 9 nitrogen and oxygen atoms in total. The Hall–Kier alpha value is -3.33. The molecule has 0 saturated carbocycles. The number of nitrogens with zero attached hydrogens (tertiary/aromatic N) is 5. The van der Waals surface area contributed by atoms with Crippen LogP contribution in [0.25, 0.3) is 5.69 Å². The predicted octanol–water partition coefficient (Wildman–Crippen LogP) is 1.68. The molecule has 0 radical (unpaired) electrons. The zero-order valence-corrected chi connectivity index (χ0v) is 12.4. The Morgan fingerprint density at radius 3 is 2.71 bits per heavy atom. The number of hydrogen-bond donors (Lipinski definition) is 1. The second-order valence-electron chi connectivity index (χ2n) is 4.90. The third-order valence-electron chi connectivity index (χ3n) is 3.33. The summed E-state index contributed by atoms with van der Waals surface area (Å²) in [6.45, 7) is -0.0169. The maximum Gasteiger partial charge on any atom is 0.271 e. The van der Waals surface area contributed by atoms with E-state index >= 15 is 0 Å². The van der Waals surface area contributed by atoms with Crippen LogP contribution in [0.3, 0.4) is 0 Å². The van der Waals surface area contributed by atoms with Gasteiger partial charge in [-0.15, -0.1) is 5.10 Å². The molecule has 122 valence electrons. The molecule has 0 saturated heterocycles. The second-order valence-corrected chi connectivity index (χ2v) is 4.90. The number of nitro benzene ring substituents is 1. The largest absolute Gasteiger partial charge is 0.488 e. The predicted molar refractivity (Wildman–Crippen MR) is 82.7 cm³/mol. The fraction of sp³-hybridized carbons (Fsp3) is 0.133. The quantitative estimate of drug-likeness (QED) is 0.541. The number of aromatic nitrogens is 4. The summed E-state index contributed by atoms with van der Waals surface area (Å²) < 4.78 is 6.88. The molecule has 1 atom stereocenters. The Morgan fingerprint density at radius 2 is 2.04 bits per heavy atom. The lowest BCUT2D eigenvalue weighted by Crippen LogP contribution is -2.11. The molecule has 0 bridgehead atoms. The molecule has 3 aromatic rings. The number of tetrazole rings is 1. The zero-order valence-electron chi connectivity index (χ0n) is 12.4. The maximum atomic E-state index is 10.9. The smallest absolute Gasteiger partial charge is 0.271 e. The summed E-state index contributed by atoms with van der Waals surface area (Å²) in [5.41, 5.74) is 0.911. The fourth-order valence-corrected chi connectivity index (χ4v) is 2.13. The summed E-state index contributed by atoms with van der Waals surface area (Å²) >= 11 is 0. The van der Waals surface area contributed by atoms with Gasteiger partial charge in [-0.2, -0.15) is 4.68 Å². The Kier molecular flexibility index (Phi) is 4.43. The van der Waals surface area contributed by atoms with Gasteiger partial charge in [-0.1, -0.05) is 30.3 Å². The minimum absolute atomic E-state index is 0.0169. The van der Waals surface area contributed by atoms with Crippen molar-refractivity contribution >= 4 is 5.69 Å². The SMILES string of the molecule is O=[N+]([O-])c1ccc(OC[C@@H](O)c2ccccc2)c(-n2cnnn2)c1. The Labute approximate surface area is 136 Å². The average Bonchev–Trinajstić information content (AvgIpc) is 3.14. The van der Waals surface area contributed by atoms with Gasteiger partial charge in [-0.05, 0) is 22.1 Å². The van der Waals surface area contributed by atoms with Crippen molar-refractivity contribution in [2.24, 2.45) is 0 Å². The number of rotatable bonds is 6. The molecule has 0 amide bonds. The molecule has 0 fully saturated rings. The number of aliphatic hydroxyl groups excluding tert-OH is 1. The van der Waals surface area contributed by atoms with Crippen molar-refractivity contribution in [1.29, 1.82) is 0 Å². The van der Waals surface area contributed by atoms with Crippen molar-refractivity contribution in [2.75, 3.05) is 6.61 Å². The molecule has 1 N–H and O–H groups in total. The van der Waals surface area contributed by atoms with E-state index in [1.165, 1.54) is 29.2 Å². The van der Waals surface area contributed by atoms with Gasteiger partial charge in [0.15, 0.2) is 0 Å². The second kappa shape index (κ2) is 6.84. The van der Waals surface area contributed by atoms with E-state index in [0.717, 1.165) is 0 Å². The van der Waals surface area contributed by atoms with Gasteiger partial charge in [0.05, 0.1) is 4.92 Å². The Balaban J connectivity index is 1.84. The van der Waals surface area contributed by atoms with Crippen LogP contribution < -0.4 is 4.74 Å². The van der Waals surface area contributed by atoms with E-state index in [2.05, 4.69) is 15.5 Å². The van der Waals surface area contributed by atoms with E-state index in [0.29, 0.717) is 17.0 Å². The van der Waals surface area contributed by atoms with Gasteiger partial charge < -0.3 is 9.84 Å². The van der Waals surface area contributed by atoms with Crippen LogP contribution in [-0.4, -0.2) is 36.8 Å². The van der Waals surface area contributed by atoms with Gasteiger partial charge in [-0.25, -0.2) is 0 Å². The highest BCUT2D eigenvalue weighted by atomic mass is 16.6. The van der Waals surface area contributed by atoms with Crippen molar-refractivity contribution in [3.05, 3.63) is 70.5 Å². The topological polar surface area (TPSA) is 116 Å². The molecule has 0 aliphatic carbocycles. The fourth-order valence-electron chi connectivity index (χ4n) is 2.13. The van der Waals surface area contributed by atoms with Crippen LogP contribution in [0.1, 0.15) is 11.7 Å². The molecule has 0 spiro atoms. The molecule has 9 heteroatoms. The van der Waals surface area contributed by atoms with Crippen LogP contribution in [0, 0.1) is 10.1 Å². The van der Waals surface area contributed by atoms with Crippen LogP contribution >= 0.6 is 0 Å². The number of nitro groups is 1.